The summed E-state index contributed by atoms with van der Waals surface area (Å²) in [5.74, 6) is -0.0508. The molecule has 0 radical (unpaired) electrons. The number of Topliss-reactive ketones (excluding diaryl/α,β-unsaturated/α-hetero) is 1. The van der Waals surface area contributed by atoms with E-state index < -0.39 is 0 Å². The normalized spacial score (nSPS) is 12.1. The zero-order valence-electron chi connectivity index (χ0n) is 9.99. The number of hydrogen-bond acceptors (Lipinski definition) is 4. The molecule has 0 aliphatic carbocycles. The average molecular weight is 214 g/mol. The summed E-state index contributed by atoms with van der Waals surface area (Å²) >= 11 is 0. The van der Waals surface area contributed by atoms with E-state index in [4.69, 9.17) is 5.21 Å². The van der Waals surface area contributed by atoms with Crippen LogP contribution in [-0.4, -0.2) is 42.2 Å². The molecular weight excluding hydrogens is 192 g/mol. The number of carbonyl (C=O) groups excluding carboxylic acids is 1. The Morgan fingerprint density at radius 2 is 1.80 bits per heavy atom. The number of nitrogens with zero attached hydrogens (tertiary/aromatic N) is 2. The van der Waals surface area contributed by atoms with E-state index in [-0.39, 0.29) is 11.5 Å². The van der Waals surface area contributed by atoms with Crippen LogP contribution in [0.4, 0.5) is 0 Å². The maximum atomic E-state index is 11.2. The molecule has 0 aliphatic heterocycles. The van der Waals surface area contributed by atoms with Crippen LogP contribution in [0.5, 0.6) is 0 Å². The molecule has 4 heteroatoms. The first-order valence-corrected chi connectivity index (χ1v) is 5.44. The molecule has 0 spiro atoms. The van der Waals surface area contributed by atoms with E-state index in [1.54, 1.807) is 0 Å². The summed E-state index contributed by atoms with van der Waals surface area (Å²) in [5, 5.41) is 11.3. The molecule has 0 aliphatic rings. The Morgan fingerprint density at radius 3 is 2.33 bits per heavy atom. The van der Waals surface area contributed by atoms with Crippen LogP contribution in [-0.2, 0) is 4.79 Å². The van der Waals surface area contributed by atoms with E-state index >= 15 is 0 Å². The molecule has 0 saturated heterocycles. The first-order chi connectivity index (χ1) is 7.07. The zero-order chi connectivity index (χ0) is 11.7. The molecule has 0 aromatic heterocycles. The highest BCUT2D eigenvalue weighted by Crippen LogP contribution is 2.04. The molecule has 0 fully saturated rings. The number of oxime groups is 1. The van der Waals surface area contributed by atoms with Crippen LogP contribution < -0.4 is 0 Å². The van der Waals surface area contributed by atoms with E-state index in [1.807, 2.05) is 0 Å². The Labute approximate surface area is 92.0 Å². The van der Waals surface area contributed by atoms with Gasteiger partial charge in [-0.25, -0.2) is 0 Å². The second kappa shape index (κ2) is 8.41. The molecule has 88 valence electrons. The molecule has 4 nitrogen and oxygen atoms in total. The summed E-state index contributed by atoms with van der Waals surface area (Å²) in [7, 11) is 4.12. The van der Waals surface area contributed by atoms with E-state index in [2.05, 4.69) is 24.2 Å². The maximum absolute atomic E-state index is 11.2. The SMILES string of the molecule is C/C(=N/O)C(=O)CCCCCCN(C)C. The highest BCUT2D eigenvalue weighted by Gasteiger charge is 2.05. The van der Waals surface area contributed by atoms with Crippen LogP contribution in [0.1, 0.15) is 39.0 Å². The van der Waals surface area contributed by atoms with Gasteiger partial charge in [-0.15, -0.1) is 0 Å². The smallest absolute Gasteiger partial charge is 0.180 e. The van der Waals surface area contributed by atoms with Crippen LogP contribution in [0.2, 0.25) is 0 Å². The highest BCUT2D eigenvalue weighted by molar-refractivity contribution is 6.38. The molecule has 0 saturated carbocycles. The van der Waals surface area contributed by atoms with Crippen LogP contribution in [0.3, 0.4) is 0 Å². The maximum Gasteiger partial charge on any atom is 0.180 e. The van der Waals surface area contributed by atoms with Crippen LogP contribution >= 0.6 is 0 Å². The van der Waals surface area contributed by atoms with Crippen molar-refractivity contribution < 1.29 is 10.0 Å². The summed E-state index contributed by atoms with van der Waals surface area (Å²) in [6, 6.07) is 0. The molecule has 0 rings (SSSR count). The van der Waals surface area contributed by atoms with Gasteiger partial charge in [0.2, 0.25) is 0 Å². The van der Waals surface area contributed by atoms with Crippen molar-refractivity contribution in [3.8, 4) is 0 Å². The summed E-state index contributed by atoms with van der Waals surface area (Å²) in [6.45, 7) is 2.64. The summed E-state index contributed by atoms with van der Waals surface area (Å²) in [5.41, 5.74) is 0.211. The fraction of sp³-hybridized carbons (Fsp3) is 0.818. The van der Waals surface area contributed by atoms with E-state index in [0.717, 1.165) is 25.8 Å². The largest absolute Gasteiger partial charge is 0.411 e. The molecule has 0 atom stereocenters. The Morgan fingerprint density at radius 1 is 1.20 bits per heavy atom. The Hall–Kier alpha value is -0.900. The van der Waals surface area contributed by atoms with E-state index in [0.29, 0.717) is 6.42 Å². The van der Waals surface area contributed by atoms with Gasteiger partial charge in [-0.2, -0.15) is 0 Å². The fourth-order valence-electron chi connectivity index (χ4n) is 1.30. The molecule has 0 aromatic carbocycles. The Kier molecular flexibility index (Phi) is 7.91. The first kappa shape index (κ1) is 14.1. The topological polar surface area (TPSA) is 52.9 Å². The van der Waals surface area contributed by atoms with Gasteiger partial charge in [0, 0.05) is 6.42 Å². The van der Waals surface area contributed by atoms with Crippen molar-refractivity contribution in [3.05, 3.63) is 0 Å². The molecule has 0 heterocycles. The van der Waals surface area contributed by atoms with E-state index in [9.17, 15) is 4.79 Å². The predicted octanol–water partition coefficient (Wildman–Crippen LogP) is 1.92. The van der Waals surface area contributed by atoms with Gasteiger partial charge in [0.05, 0.1) is 0 Å². The predicted molar refractivity (Wildman–Crippen MR) is 61.5 cm³/mol. The summed E-state index contributed by atoms with van der Waals surface area (Å²) in [4.78, 5) is 13.4. The lowest BCUT2D eigenvalue weighted by atomic mass is 10.1. The molecule has 15 heavy (non-hydrogen) atoms. The quantitative estimate of drug-likeness (QED) is 0.291. The second-order valence-corrected chi connectivity index (χ2v) is 4.08. The first-order valence-electron chi connectivity index (χ1n) is 5.44. The minimum atomic E-state index is -0.0508. The number of rotatable bonds is 8. The van der Waals surface area contributed by atoms with Gasteiger partial charge in [0.15, 0.2) is 5.78 Å². The minimum Gasteiger partial charge on any atom is -0.411 e. The number of hydrogen-bond donors (Lipinski definition) is 1. The number of ketones is 1. The van der Waals surface area contributed by atoms with Gasteiger partial charge in [-0.05, 0) is 40.4 Å². The lowest BCUT2D eigenvalue weighted by Crippen LogP contribution is -2.12. The van der Waals surface area contributed by atoms with Gasteiger partial charge >= 0.3 is 0 Å². The minimum absolute atomic E-state index is 0.0508. The molecular formula is C11H22N2O2. The van der Waals surface area contributed by atoms with Gasteiger partial charge in [-0.1, -0.05) is 18.0 Å². The Balaban J connectivity index is 3.35. The average Bonchev–Trinajstić information content (AvgIpc) is 2.21. The monoisotopic (exact) mass is 214 g/mol. The van der Waals surface area contributed by atoms with Crippen molar-refractivity contribution in [1.29, 1.82) is 0 Å². The van der Waals surface area contributed by atoms with E-state index in [1.165, 1.54) is 13.3 Å². The summed E-state index contributed by atoms with van der Waals surface area (Å²) < 4.78 is 0. The van der Waals surface area contributed by atoms with Crippen molar-refractivity contribution in [1.82, 2.24) is 4.90 Å². The van der Waals surface area contributed by atoms with Gasteiger partial charge in [0.1, 0.15) is 5.71 Å². The molecule has 0 unspecified atom stereocenters. The van der Waals surface area contributed by atoms with Gasteiger partial charge < -0.3 is 10.1 Å². The second-order valence-electron chi connectivity index (χ2n) is 4.08. The van der Waals surface area contributed by atoms with Crippen molar-refractivity contribution in [2.45, 2.75) is 39.0 Å². The molecule has 1 N–H and O–H groups in total. The molecule has 0 bridgehead atoms. The van der Waals surface area contributed by atoms with Crippen LogP contribution in [0, 0.1) is 0 Å². The molecule has 0 amide bonds. The van der Waals surface area contributed by atoms with Crippen LogP contribution in [0.25, 0.3) is 0 Å². The third kappa shape index (κ3) is 8.12. The third-order valence-corrected chi connectivity index (χ3v) is 2.31. The van der Waals surface area contributed by atoms with Crippen LogP contribution in [0.15, 0.2) is 5.16 Å². The van der Waals surface area contributed by atoms with Crippen molar-refractivity contribution >= 4 is 11.5 Å². The lowest BCUT2D eigenvalue weighted by molar-refractivity contribution is -0.113. The zero-order valence-corrected chi connectivity index (χ0v) is 9.99. The summed E-state index contributed by atoms with van der Waals surface area (Å²) in [6.07, 6.45) is 4.78. The van der Waals surface area contributed by atoms with Crippen molar-refractivity contribution in [2.24, 2.45) is 5.16 Å². The van der Waals surface area contributed by atoms with Gasteiger partial charge in [-0.3, -0.25) is 4.79 Å². The number of unbranched alkanes of at least 4 members (excludes halogenated alkanes) is 3. The third-order valence-electron chi connectivity index (χ3n) is 2.31. The standard InChI is InChI=1S/C11H22N2O2/c1-10(12-15)11(14)8-6-4-5-7-9-13(2)3/h15H,4-9H2,1-3H3/b12-10-. The number of carbonyl (C=O) groups is 1. The lowest BCUT2D eigenvalue weighted by Gasteiger charge is -2.08. The highest BCUT2D eigenvalue weighted by atomic mass is 16.4. The van der Waals surface area contributed by atoms with Crippen molar-refractivity contribution in [3.63, 3.8) is 0 Å². The van der Waals surface area contributed by atoms with Gasteiger partial charge in [0.25, 0.3) is 0 Å². The Bertz CT molecular complexity index is 213. The van der Waals surface area contributed by atoms with Crippen molar-refractivity contribution in [2.75, 3.05) is 20.6 Å². The fourth-order valence-corrected chi connectivity index (χ4v) is 1.30. The molecule has 0 aromatic rings.